The minimum absolute atomic E-state index is 0. The molecule has 0 radical (unpaired) electrons. The van der Waals surface area contributed by atoms with Crippen molar-refractivity contribution in [3.8, 4) is 11.5 Å². The van der Waals surface area contributed by atoms with E-state index in [0.29, 0.717) is 41.6 Å². The van der Waals surface area contributed by atoms with Gasteiger partial charge >= 0.3 is 0 Å². The van der Waals surface area contributed by atoms with Crippen molar-refractivity contribution in [1.29, 1.82) is 0 Å². The Morgan fingerprint density at radius 3 is 2.31 bits per heavy atom. The van der Waals surface area contributed by atoms with Crippen LogP contribution in [0.15, 0.2) is 12.1 Å². The Morgan fingerprint density at radius 1 is 1.23 bits per heavy atom. The summed E-state index contributed by atoms with van der Waals surface area (Å²) >= 11 is 0. The molecule has 1 aromatic carbocycles. The van der Waals surface area contributed by atoms with Gasteiger partial charge in [0.2, 0.25) is 5.91 Å². The fourth-order valence-corrected chi connectivity index (χ4v) is 2.37. The zero-order valence-corrected chi connectivity index (χ0v) is 17.1. The number of hydrogen-bond donors (Lipinski definition) is 2. The van der Waals surface area contributed by atoms with Crippen molar-refractivity contribution in [3.63, 3.8) is 0 Å². The molecule has 0 spiro atoms. The van der Waals surface area contributed by atoms with Gasteiger partial charge in [-0.2, -0.15) is 0 Å². The average molecular weight is 388 g/mol. The lowest BCUT2D eigenvalue weighted by molar-refractivity contribution is -0.114. The Kier molecular flexibility index (Phi) is 10.0. The minimum Gasteiger partial charge on any atom is -0.493 e. The summed E-state index contributed by atoms with van der Waals surface area (Å²) < 4.78 is 10.6. The van der Waals surface area contributed by atoms with Gasteiger partial charge in [-0.25, -0.2) is 0 Å². The van der Waals surface area contributed by atoms with E-state index in [2.05, 4.69) is 19.2 Å². The second-order valence-electron chi connectivity index (χ2n) is 6.36. The van der Waals surface area contributed by atoms with Crippen LogP contribution in [0.1, 0.15) is 37.6 Å². The van der Waals surface area contributed by atoms with Crippen molar-refractivity contribution in [3.05, 3.63) is 17.7 Å². The van der Waals surface area contributed by atoms with Crippen molar-refractivity contribution < 1.29 is 19.1 Å². The van der Waals surface area contributed by atoms with Gasteiger partial charge in [-0.05, 0) is 24.5 Å². The van der Waals surface area contributed by atoms with Crippen LogP contribution in [0.4, 0.5) is 5.69 Å². The highest BCUT2D eigenvalue weighted by Crippen LogP contribution is 2.37. The number of anilines is 1. The Hall–Kier alpha value is -1.99. The van der Waals surface area contributed by atoms with E-state index >= 15 is 0 Å². The summed E-state index contributed by atoms with van der Waals surface area (Å²) in [6.07, 6.45) is 0.714. The molecule has 0 aromatic heterocycles. The van der Waals surface area contributed by atoms with Gasteiger partial charge in [0.05, 0.1) is 19.9 Å². The van der Waals surface area contributed by atoms with Crippen LogP contribution in [0.2, 0.25) is 0 Å². The maximum Gasteiger partial charge on any atom is 0.253 e. The number of amides is 2. The van der Waals surface area contributed by atoms with Crippen LogP contribution in [-0.4, -0.2) is 50.6 Å². The van der Waals surface area contributed by atoms with Gasteiger partial charge in [0, 0.05) is 32.1 Å². The number of benzene rings is 1. The van der Waals surface area contributed by atoms with Crippen LogP contribution in [0.5, 0.6) is 11.5 Å². The summed E-state index contributed by atoms with van der Waals surface area (Å²) in [6.45, 7) is 6.04. The molecule has 1 aromatic rings. The molecule has 7 nitrogen and oxygen atoms in total. The number of methoxy groups -OCH3 is 2. The third kappa shape index (κ3) is 6.38. The lowest BCUT2D eigenvalue weighted by atomic mass is 10.0. The Balaban J connectivity index is 0.00000625. The summed E-state index contributed by atoms with van der Waals surface area (Å²) in [5.41, 5.74) is 6.84. The first-order valence-corrected chi connectivity index (χ1v) is 8.25. The molecule has 0 bridgehead atoms. The van der Waals surface area contributed by atoms with Crippen molar-refractivity contribution >= 4 is 29.9 Å². The summed E-state index contributed by atoms with van der Waals surface area (Å²) in [5.74, 6) is 0.670. The number of halogens is 1. The SMILES string of the molecule is COc1cc(C(=O)N(C)CCC(N)C(C)C)cc(NC(C)=O)c1OC.Cl. The lowest BCUT2D eigenvalue weighted by Crippen LogP contribution is -2.34. The smallest absolute Gasteiger partial charge is 0.253 e. The summed E-state index contributed by atoms with van der Waals surface area (Å²) in [5, 5.41) is 2.66. The first-order valence-electron chi connectivity index (χ1n) is 8.25. The average Bonchev–Trinajstić information content (AvgIpc) is 2.56. The van der Waals surface area contributed by atoms with Gasteiger partial charge in [0.1, 0.15) is 0 Å². The number of nitrogens with zero attached hydrogens (tertiary/aromatic N) is 1. The summed E-state index contributed by atoms with van der Waals surface area (Å²) in [6, 6.07) is 3.23. The van der Waals surface area contributed by atoms with E-state index in [-0.39, 0.29) is 30.3 Å². The van der Waals surface area contributed by atoms with E-state index in [0.717, 1.165) is 0 Å². The van der Waals surface area contributed by atoms with Crippen LogP contribution in [-0.2, 0) is 4.79 Å². The molecule has 26 heavy (non-hydrogen) atoms. The van der Waals surface area contributed by atoms with Crippen LogP contribution in [0.3, 0.4) is 0 Å². The molecule has 0 saturated carbocycles. The van der Waals surface area contributed by atoms with E-state index in [1.54, 1.807) is 24.1 Å². The second kappa shape index (κ2) is 10.9. The number of carbonyl (C=O) groups excluding carboxylic acids is 2. The van der Waals surface area contributed by atoms with Gasteiger partial charge in [0.15, 0.2) is 11.5 Å². The first-order chi connectivity index (χ1) is 11.7. The lowest BCUT2D eigenvalue weighted by Gasteiger charge is -2.22. The third-order valence-electron chi connectivity index (χ3n) is 4.04. The topological polar surface area (TPSA) is 93.9 Å². The predicted molar refractivity (Wildman–Crippen MR) is 105 cm³/mol. The van der Waals surface area contributed by atoms with Gasteiger partial charge in [-0.3, -0.25) is 9.59 Å². The molecule has 0 aliphatic heterocycles. The number of nitrogens with two attached hydrogens (primary N) is 1. The molecule has 1 unspecified atom stereocenters. The molecule has 0 aliphatic carbocycles. The highest BCUT2D eigenvalue weighted by molar-refractivity contribution is 5.98. The molecule has 2 amide bonds. The Morgan fingerprint density at radius 2 is 1.85 bits per heavy atom. The molecule has 0 aliphatic rings. The van der Waals surface area contributed by atoms with Crippen LogP contribution < -0.4 is 20.5 Å². The van der Waals surface area contributed by atoms with Gasteiger partial charge in [0.25, 0.3) is 5.91 Å². The largest absolute Gasteiger partial charge is 0.493 e. The van der Waals surface area contributed by atoms with E-state index < -0.39 is 0 Å². The van der Waals surface area contributed by atoms with Gasteiger partial charge in [-0.1, -0.05) is 13.8 Å². The molecule has 1 atom stereocenters. The normalized spacial score (nSPS) is 11.4. The molecule has 1 rings (SSSR count). The van der Waals surface area contributed by atoms with Crippen LogP contribution >= 0.6 is 12.4 Å². The number of hydrogen-bond acceptors (Lipinski definition) is 5. The predicted octanol–water partition coefficient (Wildman–Crippen LogP) is 2.53. The number of rotatable bonds is 8. The van der Waals surface area contributed by atoms with Crippen molar-refractivity contribution in [2.75, 3.05) is 33.1 Å². The molecule has 148 valence electrons. The quantitative estimate of drug-likeness (QED) is 0.714. The van der Waals surface area contributed by atoms with Crippen molar-refractivity contribution in [2.45, 2.75) is 33.2 Å². The fraction of sp³-hybridized carbons (Fsp3) is 0.556. The van der Waals surface area contributed by atoms with Crippen LogP contribution in [0.25, 0.3) is 0 Å². The molecule has 0 fully saturated rings. The molecule has 3 N–H and O–H groups in total. The summed E-state index contributed by atoms with van der Waals surface area (Å²) in [7, 11) is 4.68. The number of ether oxygens (including phenoxy) is 2. The molecular formula is C18H30ClN3O4. The summed E-state index contributed by atoms with van der Waals surface area (Å²) in [4.78, 5) is 25.7. The fourth-order valence-electron chi connectivity index (χ4n) is 2.37. The second-order valence-corrected chi connectivity index (χ2v) is 6.36. The maximum atomic E-state index is 12.7. The monoisotopic (exact) mass is 387 g/mol. The highest BCUT2D eigenvalue weighted by Gasteiger charge is 2.20. The minimum atomic E-state index is -0.263. The molecule has 0 heterocycles. The van der Waals surface area contributed by atoms with E-state index in [9.17, 15) is 9.59 Å². The van der Waals surface area contributed by atoms with E-state index in [4.69, 9.17) is 15.2 Å². The number of nitrogens with one attached hydrogen (secondary N) is 1. The zero-order valence-electron chi connectivity index (χ0n) is 16.3. The van der Waals surface area contributed by atoms with Crippen LogP contribution in [0, 0.1) is 5.92 Å². The maximum absolute atomic E-state index is 12.7. The Bertz CT molecular complexity index is 623. The first kappa shape index (κ1) is 24.0. The Labute approximate surface area is 161 Å². The molecule has 0 saturated heterocycles. The number of carbonyl (C=O) groups is 2. The van der Waals surface area contributed by atoms with Gasteiger partial charge < -0.3 is 25.4 Å². The van der Waals surface area contributed by atoms with Crippen molar-refractivity contribution in [2.24, 2.45) is 11.7 Å². The third-order valence-corrected chi connectivity index (χ3v) is 4.04. The zero-order chi connectivity index (χ0) is 19.1. The standard InChI is InChI=1S/C18H29N3O4.ClH/c1-11(2)14(19)7-8-21(4)18(23)13-9-15(20-12(3)22)17(25-6)16(10-13)24-5;/h9-11,14H,7-8,19H2,1-6H3,(H,20,22);1H. The van der Waals surface area contributed by atoms with E-state index in [1.165, 1.54) is 21.1 Å². The van der Waals surface area contributed by atoms with Crippen molar-refractivity contribution in [1.82, 2.24) is 4.90 Å². The molecule has 8 heteroatoms. The molecular weight excluding hydrogens is 358 g/mol. The van der Waals surface area contributed by atoms with Gasteiger partial charge in [-0.15, -0.1) is 12.4 Å². The highest BCUT2D eigenvalue weighted by atomic mass is 35.5. The van der Waals surface area contributed by atoms with E-state index in [1.807, 2.05) is 0 Å².